The van der Waals surface area contributed by atoms with Gasteiger partial charge >= 0.3 is 24.3 Å². The molecule has 0 fully saturated rings. The fourth-order valence-corrected chi connectivity index (χ4v) is 3.58. The monoisotopic (exact) mass is 588 g/mol. The number of hydrogen-bond acceptors (Lipinski definition) is 5. The summed E-state index contributed by atoms with van der Waals surface area (Å²) in [6, 6.07) is 10.6. The highest BCUT2D eigenvalue weighted by Crippen LogP contribution is 2.34. The maximum absolute atomic E-state index is 15.1. The maximum atomic E-state index is 15.1. The summed E-state index contributed by atoms with van der Waals surface area (Å²) in [6.45, 7) is 1.07. The first kappa shape index (κ1) is 31.2. The van der Waals surface area contributed by atoms with E-state index in [1.54, 1.807) is 0 Å². The topological polar surface area (TPSA) is 85.4 Å². The van der Waals surface area contributed by atoms with Crippen LogP contribution in [0.5, 0.6) is 0 Å². The van der Waals surface area contributed by atoms with E-state index in [0.717, 1.165) is 36.4 Å². The standard InChI is InChI=1S/C27H20F8N2O4/c1-15-11-20(13-21(37-15)22(38)36-14-17-3-2-4-19(12-17)26(30,31)32)25(28,29)10-9-16-5-7-18(8-6-16)23(39)41-24(40)27(33,34)35/h2-8,11-13H,9-10,14H2,1H3,(H,36,38). The number of ether oxygens (including phenoxy) is 1. The van der Waals surface area contributed by atoms with Crippen LogP contribution in [-0.4, -0.2) is 29.0 Å². The van der Waals surface area contributed by atoms with E-state index in [2.05, 4.69) is 15.0 Å². The Balaban J connectivity index is 1.65. The molecule has 6 nitrogen and oxygen atoms in total. The number of benzene rings is 2. The minimum absolute atomic E-state index is 0.0858. The van der Waals surface area contributed by atoms with Crippen LogP contribution < -0.4 is 5.32 Å². The van der Waals surface area contributed by atoms with Crippen molar-refractivity contribution >= 4 is 17.8 Å². The molecule has 0 saturated carbocycles. The Hall–Kier alpha value is -4.36. The van der Waals surface area contributed by atoms with Gasteiger partial charge in [-0.05, 0) is 60.9 Å². The van der Waals surface area contributed by atoms with Gasteiger partial charge in [0.2, 0.25) is 0 Å². The lowest BCUT2D eigenvalue weighted by atomic mass is 9.99. The van der Waals surface area contributed by atoms with Crippen LogP contribution in [0.15, 0.2) is 60.7 Å². The molecule has 1 aromatic heterocycles. The average molecular weight is 588 g/mol. The summed E-state index contributed by atoms with van der Waals surface area (Å²) in [6.07, 6.45) is -11.0. The minimum Gasteiger partial charge on any atom is -0.383 e. The SMILES string of the molecule is Cc1cc(C(F)(F)CCc2ccc(C(=O)OC(=O)C(F)(F)F)cc2)cc(C(=O)NCc2cccc(C(F)(F)F)c2)n1. The fourth-order valence-electron chi connectivity index (χ4n) is 3.58. The second kappa shape index (κ2) is 12.0. The van der Waals surface area contributed by atoms with Crippen LogP contribution in [0.3, 0.4) is 0 Å². The summed E-state index contributed by atoms with van der Waals surface area (Å²) in [7, 11) is 0. The quantitative estimate of drug-likeness (QED) is 0.190. The number of aromatic nitrogens is 1. The van der Waals surface area contributed by atoms with Crippen LogP contribution in [0.1, 0.15) is 55.2 Å². The lowest BCUT2D eigenvalue weighted by Crippen LogP contribution is -2.28. The summed E-state index contributed by atoms with van der Waals surface area (Å²) >= 11 is 0. The summed E-state index contributed by atoms with van der Waals surface area (Å²) in [5, 5.41) is 2.36. The molecule has 0 aliphatic rings. The van der Waals surface area contributed by atoms with Gasteiger partial charge in [-0.2, -0.15) is 26.3 Å². The van der Waals surface area contributed by atoms with E-state index in [9.17, 15) is 40.7 Å². The number of rotatable bonds is 8. The summed E-state index contributed by atoms with van der Waals surface area (Å²) in [4.78, 5) is 38.9. The number of amides is 1. The molecule has 1 N–H and O–H groups in total. The van der Waals surface area contributed by atoms with Crippen molar-refractivity contribution in [3.05, 3.63) is 99.9 Å². The van der Waals surface area contributed by atoms with E-state index in [1.165, 1.54) is 31.2 Å². The summed E-state index contributed by atoms with van der Waals surface area (Å²) in [5.74, 6) is -8.60. The number of pyridine rings is 1. The predicted molar refractivity (Wildman–Crippen MR) is 127 cm³/mol. The van der Waals surface area contributed by atoms with Gasteiger partial charge in [0.25, 0.3) is 11.8 Å². The molecular formula is C27H20F8N2O4. The molecule has 0 aliphatic carbocycles. The Morgan fingerprint density at radius 3 is 2.10 bits per heavy atom. The van der Waals surface area contributed by atoms with Crippen LogP contribution in [-0.2, 0) is 34.6 Å². The van der Waals surface area contributed by atoms with Gasteiger partial charge in [-0.15, -0.1) is 0 Å². The number of nitrogens with zero attached hydrogens (tertiary/aromatic N) is 1. The van der Waals surface area contributed by atoms with Gasteiger partial charge in [-0.25, -0.2) is 23.4 Å². The molecule has 2 aromatic carbocycles. The van der Waals surface area contributed by atoms with Gasteiger partial charge in [0, 0.05) is 24.2 Å². The predicted octanol–water partition coefficient (Wildman–Crippen LogP) is 6.31. The van der Waals surface area contributed by atoms with Crippen LogP contribution >= 0.6 is 0 Å². The van der Waals surface area contributed by atoms with Crippen molar-refractivity contribution in [3.8, 4) is 0 Å². The van der Waals surface area contributed by atoms with Crippen LogP contribution in [0.2, 0.25) is 0 Å². The lowest BCUT2D eigenvalue weighted by molar-refractivity contribution is -0.193. The second-order valence-corrected chi connectivity index (χ2v) is 8.84. The molecule has 1 heterocycles. The zero-order valence-electron chi connectivity index (χ0n) is 21.0. The Kier molecular flexibility index (Phi) is 9.14. The Morgan fingerprint density at radius 1 is 0.829 bits per heavy atom. The van der Waals surface area contributed by atoms with E-state index in [1.807, 2.05) is 0 Å². The van der Waals surface area contributed by atoms with Gasteiger partial charge in [-0.1, -0.05) is 24.3 Å². The first-order valence-corrected chi connectivity index (χ1v) is 11.7. The van der Waals surface area contributed by atoms with Gasteiger partial charge in [0.05, 0.1) is 11.1 Å². The number of nitrogens with one attached hydrogen (secondary N) is 1. The van der Waals surface area contributed by atoms with Gasteiger partial charge in [0.1, 0.15) is 5.69 Å². The highest BCUT2D eigenvalue weighted by molar-refractivity contribution is 5.98. The Labute approximate surface area is 227 Å². The first-order chi connectivity index (χ1) is 19.0. The number of carbonyl (C=O) groups excluding carboxylic acids is 3. The lowest BCUT2D eigenvalue weighted by Gasteiger charge is -2.18. The van der Waals surface area contributed by atoms with E-state index < -0.39 is 59.2 Å². The molecule has 41 heavy (non-hydrogen) atoms. The van der Waals surface area contributed by atoms with Crippen LogP contribution in [0, 0.1) is 6.92 Å². The highest BCUT2D eigenvalue weighted by atomic mass is 19.4. The van der Waals surface area contributed by atoms with E-state index >= 15 is 8.78 Å². The number of esters is 2. The third-order valence-electron chi connectivity index (χ3n) is 5.65. The molecule has 0 unspecified atom stereocenters. The molecule has 0 radical (unpaired) electrons. The third-order valence-corrected chi connectivity index (χ3v) is 5.65. The van der Waals surface area contributed by atoms with E-state index in [0.29, 0.717) is 0 Å². The molecule has 0 saturated heterocycles. The van der Waals surface area contributed by atoms with Crippen molar-refractivity contribution in [2.45, 2.75) is 44.6 Å². The van der Waals surface area contributed by atoms with Gasteiger partial charge in [0.15, 0.2) is 0 Å². The average Bonchev–Trinajstić information content (AvgIpc) is 2.89. The molecule has 0 aliphatic heterocycles. The van der Waals surface area contributed by atoms with Gasteiger partial charge < -0.3 is 10.1 Å². The molecular weight excluding hydrogens is 568 g/mol. The molecule has 3 aromatic rings. The molecule has 218 valence electrons. The maximum Gasteiger partial charge on any atom is 0.491 e. The molecule has 0 atom stereocenters. The molecule has 1 amide bonds. The van der Waals surface area contributed by atoms with Crippen molar-refractivity contribution in [2.24, 2.45) is 0 Å². The van der Waals surface area contributed by atoms with Crippen LogP contribution in [0.4, 0.5) is 35.1 Å². The number of aryl methyl sites for hydroxylation is 2. The van der Waals surface area contributed by atoms with E-state index in [4.69, 9.17) is 0 Å². The van der Waals surface area contributed by atoms with Crippen molar-refractivity contribution in [1.29, 1.82) is 0 Å². The Morgan fingerprint density at radius 2 is 1.49 bits per heavy atom. The smallest absolute Gasteiger partial charge is 0.383 e. The van der Waals surface area contributed by atoms with Crippen LogP contribution in [0.25, 0.3) is 0 Å². The van der Waals surface area contributed by atoms with E-state index in [-0.39, 0.29) is 35.5 Å². The van der Waals surface area contributed by atoms with Crippen molar-refractivity contribution in [2.75, 3.05) is 0 Å². The number of halogens is 8. The van der Waals surface area contributed by atoms with Gasteiger partial charge in [-0.3, -0.25) is 4.79 Å². The number of hydrogen-bond donors (Lipinski definition) is 1. The largest absolute Gasteiger partial charge is 0.491 e. The number of alkyl halides is 8. The normalized spacial score (nSPS) is 12.1. The van der Waals surface area contributed by atoms with Crippen molar-refractivity contribution < 1.29 is 54.2 Å². The second-order valence-electron chi connectivity index (χ2n) is 8.84. The fraction of sp³-hybridized carbons (Fsp3) is 0.259. The number of carbonyl (C=O) groups is 3. The molecule has 0 spiro atoms. The molecule has 3 rings (SSSR count). The highest BCUT2D eigenvalue weighted by Gasteiger charge is 2.42. The minimum atomic E-state index is -5.37. The molecule has 0 bridgehead atoms. The summed E-state index contributed by atoms with van der Waals surface area (Å²) < 4.78 is 109. The summed E-state index contributed by atoms with van der Waals surface area (Å²) in [5.41, 5.74) is -1.72. The van der Waals surface area contributed by atoms with Crippen molar-refractivity contribution in [1.82, 2.24) is 10.3 Å². The third kappa shape index (κ3) is 8.56. The Bertz CT molecular complexity index is 1430. The molecule has 14 heteroatoms. The first-order valence-electron chi connectivity index (χ1n) is 11.7. The van der Waals surface area contributed by atoms with Crippen molar-refractivity contribution in [3.63, 3.8) is 0 Å². The zero-order valence-corrected chi connectivity index (χ0v) is 21.0. The zero-order chi connectivity index (χ0) is 30.6.